The fourth-order valence-electron chi connectivity index (χ4n) is 1.55. The molecule has 92 valence electrons. The first-order chi connectivity index (χ1) is 7.43. The minimum Gasteiger partial charge on any atom is -0.481 e. The average molecular weight is 230 g/mol. The molecule has 2 heterocycles. The molecule has 0 radical (unpaired) electrons. The Kier molecular flexibility index (Phi) is 4.26. The molecule has 2 saturated heterocycles. The highest BCUT2D eigenvalue weighted by Crippen LogP contribution is 2.11. The molecule has 2 fully saturated rings. The lowest BCUT2D eigenvalue weighted by Crippen LogP contribution is -2.54. The highest BCUT2D eigenvalue weighted by Gasteiger charge is 2.32. The van der Waals surface area contributed by atoms with E-state index < -0.39 is 11.9 Å². The van der Waals surface area contributed by atoms with Gasteiger partial charge in [-0.25, -0.2) is 0 Å². The minimum absolute atomic E-state index is 0.144. The Morgan fingerprint density at radius 1 is 0.938 bits per heavy atom. The third-order valence-corrected chi connectivity index (χ3v) is 3.16. The van der Waals surface area contributed by atoms with Crippen molar-refractivity contribution in [2.24, 2.45) is 11.8 Å². The van der Waals surface area contributed by atoms with Crippen LogP contribution in [0.15, 0.2) is 0 Å². The highest BCUT2D eigenvalue weighted by molar-refractivity contribution is 5.72. The van der Waals surface area contributed by atoms with Gasteiger partial charge < -0.3 is 20.8 Å². The van der Waals surface area contributed by atoms with Gasteiger partial charge in [-0.2, -0.15) is 0 Å². The van der Waals surface area contributed by atoms with Crippen LogP contribution in [0.4, 0.5) is 0 Å². The summed E-state index contributed by atoms with van der Waals surface area (Å²) < 4.78 is 0. The van der Waals surface area contributed by atoms with E-state index in [1.165, 1.54) is 0 Å². The Morgan fingerprint density at radius 2 is 1.25 bits per heavy atom. The number of nitrogens with one attached hydrogen (secondary N) is 2. The molecule has 2 aliphatic heterocycles. The second-order valence-electron chi connectivity index (χ2n) is 4.28. The lowest BCUT2D eigenvalue weighted by molar-refractivity contribution is -0.146. The quantitative estimate of drug-likeness (QED) is 0.503. The lowest BCUT2D eigenvalue weighted by atomic mass is 9.94. The van der Waals surface area contributed by atoms with Crippen molar-refractivity contribution in [3.8, 4) is 0 Å². The maximum absolute atomic E-state index is 10.2. The Hall–Kier alpha value is -1.14. The molecule has 0 spiro atoms. The van der Waals surface area contributed by atoms with Crippen LogP contribution in [0.5, 0.6) is 0 Å². The van der Waals surface area contributed by atoms with Crippen molar-refractivity contribution in [3.63, 3.8) is 0 Å². The number of hydrogen-bond donors (Lipinski definition) is 4. The summed E-state index contributed by atoms with van der Waals surface area (Å²) in [5.74, 6) is -1.66. The van der Waals surface area contributed by atoms with Crippen LogP contribution in [0, 0.1) is 11.8 Å². The number of carboxylic acids is 2. The van der Waals surface area contributed by atoms with E-state index in [4.69, 9.17) is 10.2 Å². The molecule has 6 nitrogen and oxygen atoms in total. The van der Waals surface area contributed by atoms with Gasteiger partial charge in [0, 0.05) is 25.2 Å². The third kappa shape index (κ3) is 2.93. The smallest absolute Gasteiger partial charge is 0.309 e. The van der Waals surface area contributed by atoms with E-state index in [2.05, 4.69) is 10.6 Å². The first-order valence-electron chi connectivity index (χ1n) is 5.36. The zero-order valence-electron chi connectivity index (χ0n) is 9.43. The van der Waals surface area contributed by atoms with Gasteiger partial charge in [0.15, 0.2) is 0 Å². The molecular weight excluding hydrogens is 212 g/mol. The van der Waals surface area contributed by atoms with Crippen LogP contribution >= 0.6 is 0 Å². The molecule has 16 heavy (non-hydrogen) atoms. The molecule has 0 unspecified atom stereocenters. The molecule has 2 aliphatic rings. The Bertz CT molecular complexity index is 254. The SMILES string of the molecule is C[C@@H]1NC[C@H]1C(=O)O.C[C@H]1NC[C@@H]1C(=O)O. The Labute approximate surface area is 94.0 Å². The molecule has 4 atom stereocenters. The molecule has 2 rings (SSSR count). The van der Waals surface area contributed by atoms with Gasteiger partial charge in [-0.1, -0.05) is 0 Å². The number of aliphatic carboxylic acids is 2. The van der Waals surface area contributed by atoms with Gasteiger partial charge in [-0.15, -0.1) is 0 Å². The molecule has 6 heteroatoms. The zero-order valence-corrected chi connectivity index (χ0v) is 9.43. The van der Waals surface area contributed by atoms with Crippen LogP contribution in [-0.4, -0.2) is 47.3 Å². The van der Waals surface area contributed by atoms with Crippen molar-refractivity contribution in [2.45, 2.75) is 25.9 Å². The van der Waals surface area contributed by atoms with Crippen LogP contribution in [-0.2, 0) is 9.59 Å². The molecule has 0 aromatic rings. The number of carbonyl (C=O) groups is 2. The second kappa shape index (κ2) is 5.27. The molecule has 0 amide bonds. The summed E-state index contributed by atoms with van der Waals surface area (Å²) in [6.45, 7) is 5.03. The Morgan fingerprint density at radius 3 is 1.25 bits per heavy atom. The van der Waals surface area contributed by atoms with E-state index in [0.29, 0.717) is 13.1 Å². The van der Waals surface area contributed by atoms with Gasteiger partial charge in [0.1, 0.15) is 0 Å². The number of hydrogen-bond acceptors (Lipinski definition) is 4. The van der Waals surface area contributed by atoms with Crippen LogP contribution in [0.25, 0.3) is 0 Å². The number of carboxylic acid groups (broad SMARTS) is 2. The first-order valence-corrected chi connectivity index (χ1v) is 5.36. The molecular formula is C10H18N2O4. The van der Waals surface area contributed by atoms with E-state index in [9.17, 15) is 9.59 Å². The summed E-state index contributed by atoms with van der Waals surface area (Å²) in [4.78, 5) is 20.3. The van der Waals surface area contributed by atoms with E-state index in [-0.39, 0.29) is 23.9 Å². The molecule has 0 saturated carbocycles. The maximum Gasteiger partial charge on any atom is 0.309 e. The van der Waals surface area contributed by atoms with E-state index in [1.807, 2.05) is 13.8 Å². The lowest BCUT2D eigenvalue weighted by Gasteiger charge is -2.31. The van der Waals surface area contributed by atoms with Gasteiger partial charge >= 0.3 is 11.9 Å². The van der Waals surface area contributed by atoms with Crippen LogP contribution in [0.2, 0.25) is 0 Å². The van der Waals surface area contributed by atoms with Gasteiger partial charge in [0.05, 0.1) is 11.8 Å². The normalized spacial score (nSPS) is 36.1. The van der Waals surface area contributed by atoms with Crippen molar-refractivity contribution in [2.75, 3.05) is 13.1 Å². The van der Waals surface area contributed by atoms with Gasteiger partial charge in [0.25, 0.3) is 0 Å². The molecule has 0 aromatic heterocycles. The Balaban J connectivity index is 0.000000160. The fraction of sp³-hybridized carbons (Fsp3) is 0.800. The predicted molar refractivity (Wildman–Crippen MR) is 57.2 cm³/mol. The van der Waals surface area contributed by atoms with Crippen molar-refractivity contribution < 1.29 is 19.8 Å². The molecule has 0 aromatic carbocycles. The summed E-state index contributed by atoms with van der Waals surface area (Å²) in [5, 5.41) is 22.6. The summed E-state index contributed by atoms with van der Waals surface area (Å²) in [6, 6.07) is 0.347. The van der Waals surface area contributed by atoms with E-state index >= 15 is 0 Å². The molecule has 0 aliphatic carbocycles. The first kappa shape index (κ1) is 12.9. The molecule has 4 N–H and O–H groups in total. The third-order valence-electron chi connectivity index (χ3n) is 3.16. The van der Waals surface area contributed by atoms with E-state index in [0.717, 1.165) is 0 Å². The summed E-state index contributed by atoms with van der Waals surface area (Å²) in [6.07, 6.45) is 0. The summed E-state index contributed by atoms with van der Waals surface area (Å²) >= 11 is 0. The predicted octanol–water partition coefficient (Wildman–Crippen LogP) is -0.642. The zero-order chi connectivity index (χ0) is 12.3. The van der Waals surface area contributed by atoms with Gasteiger partial charge in [-0.3, -0.25) is 9.59 Å². The minimum atomic E-state index is -0.684. The van der Waals surface area contributed by atoms with Crippen LogP contribution in [0.3, 0.4) is 0 Å². The van der Waals surface area contributed by atoms with Crippen molar-refractivity contribution in [3.05, 3.63) is 0 Å². The average Bonchev–Trinajstić information content (AvgIpc) is 2.12. The molecule has 0 bridgehead atoms. The maximum atomic E-state index is 10.2. The van der Waals surface area contributed by atoms with E-state index in [1.54, 1.807) is 0 Å². The highest BCUT2D eigenvalue weighted by atomic mass is 16.4. The van der Waals surface area contributed by atoms with Crippen molar-refractivity contribution in [1.29, 1.82) is 0 Å². The monoisotopic (exact) mass is 230 g/mol. The summed E-state index contributed by atoms with van der Waals surface area (Å²) in [5.41, 5.74) is 0. The topological polar surface area (TPSA) is 98.7 Å². The van der Waals surface area contributed by atoms with Crippen LogP contribution < -0.4 is 10.6 Å². The number of rotatable bonds is 2. The van der Waals surface area contributed by atoms with Gasteiger partial charge in [-0.05, 0) is 13.8 Å². The summed E-state index contributed by atoms with van der Waals surface area (Å²) in [7, 11) is 0. The van der Waals surface area contributed by atoms with Crippen molar-refractivity contribution >= 4 is 11.9 Å². The standard InChI is InChI=1S/2C5H9NO2/c2*1-3-4(2-6-3)5(7)8/h2*3-4,6H,2H2,1H3,(H,7,8)/t2*3-,4+/m10/s1. The second-order valence-corrected chi connectivity index (χ2v) is 4.28. The van der Waals surface area contributed by atoms with Gasteiger partial charge in [0.2, 0.25) is 0 Å². The fourth-order valence-corrected chi connectivity index (χ4v) is 1.55. The largest absolute Gasteiger partial charge is 0.481 e. The van der Waals surface area contributed by atoms with Crippen LogP contribution in [0.1, 0.15) is 13.8 Å². The van der Waals surface area contributed by atoms with Crippen molar-refractivity contribution in [1.82, 2.24) is 10.6 Å².